The van der Waals surface area contributed by atoms with Crippen molar-refractivity contribution in [3.8, 4) is 5.75 Å². The molecule has 10 heteroatoms. The fraction of sp³-hybridized carbons (Fsp3) is 0.320. The number of likely N-dealkylation sites (tertiary alicyclic amines) is 1. The molecule has 7 nitrogen and oxygen atoms in total. The van der Waals surface area contributed by atoms with Gasteiger partial charge in [0.1, 0.15) is 12.4 Å². The van der Waals surface area contributed by atoms with E-state index in [1.807, 2.05) is 24.3 Å². The molecule has 0 aliphatic carbocycles. The Morgan fingerprint density at radius 2 is 1.77 bits per heavy atom. The molecule has 4 rings (SSSR count). The van der Waals surface area contributed by atoms with Crippen LogP contribution in [0, 0.1) is 5.92 Å². The number of thioether (sulfide) groups is 1. The number of hydrogen-bond donors (Lipinski definition) is 1. The summed E-state index contributed by atoms with van der Waals surface area (Å²) in [6.45, 7) is 2.01. The van der Waals surface area contributed by atoms with Crippen molar-refractivity contribution in [3.05, 3.63) is 68.5 Å². The number of halogens is 2. The molecule has 2 aromatic carbocycles. The molecule has 2 saturated heterocycles. The first-order valence-corrected chi connectivity index (χ1v) is 12.8. The van der Waals surface area contributed by atoms with Gasteiger partial charge in [-0.2, -0.15) is 0 Å². The second-order valence-electron chi connectivity index (χ2n) is 8.32. The van der Waals surface area contributed by atoms with Crippen LogP contribution in [-0.2, 0) is 16.1 Å². The predicted molar refractivity (Wildman–Crippen MR) is 137 cm³/mol. The van der Waals surface area contributed by atoms with E-state index in [0.29, 0.717) is 40.6 Å². The van der Waals surface area contributed by atoms with Gasteiger partial charge in [-0.15, -0.1) is 0 Å². The minimum Gasteiger partial charge on any atom is -0.494 e. The second kappa shape index (κ2) is 11.8. The topological polar surface area (TPSA) is 84.9 Å². The van der Waals surface area contributed by atoms with E-state index >= 15 is 0 Å². The lowest BCUT2D eigenvalue weighted by Crippen LogP contribution is -2.39. The summed E-state index contributed by atoms with van der Waals surface area (Å²) in [5.74, 6) is 0.852. The number of nitrogens with one attached hydrogen (secondary N) is 1. The van der Waals surface area contributed by atoms with E-state index in [1.54, 1.807) is 29.2 Å². The molecular formula is C25H24Cl2N2O5S. The molecule has 2 aliphatic rings. The molecule has 0 saturated carbocycles. The maximum atomic E-state index is 12.4. The number of amides is 3. The molecular weight excluding hydrogens is 511 g/mol. The fourth-order valence-electron chi connectivity index (χ4n) is 3.91. The highest BCUT2D eigenvalue weighted by Crippen LogP contribution is 2.27. The van der Waals surface area contributed by atoms with Gasteiger partial charge in [0.25, 0.3) is 11.1 Å². The van der Waals surface area contributed by atoms with Crippen molar-refractivity contribution in [3.63, 3.8) is 0 Å². The first-order chi connectivity index (χ1) is 16.9. The zero-order valence-corrected chi connectivity index (χ0v) is 21.1. The van der Waals surface area contributed by atoms with Crippen molar-refractivity contribution in [2.75, 3.05) is 19.7 Å². The number of benzene rings is 2. The van der Waals surface area contributed by atoms with Gasteiger partial charge in [-0.25, -0.2) is 4.79 Å². The number of nitrogens with zero attached hydrogens (tertiary/aromatic N) is 1. The summed E-state index contributed by atoms with van der Waals surface area (Å²) in [5.41, 5.74) is 1.58. The van der Waals surface area contributed by atoms with Crippen molar-refractivity contribution >= 4 is 58.3 Å². The molecule has 0 atom stereocenters. The molecule has 2 aromatic rings. The molecule has 2 heterocycles. The van der Waals surface area contributed by atoms with E-state index in [-0.39, 0.29) is 23.8 Å². The molecule has 184 valence electrons. The first-order valence-electron chi connectivity index (χ1n) is 11.2. The molecule has 0 bridgehead atoms. The third-order valence-corrected chi connectivity index (χ3v) is 7.02. The van der Waals surface area contributed by atoms with Gasteiger partial charge in [0, 0.05) is 23.1 Å². The van der Waals surface area contributed by atoms with Gasteiger partial charge in [0.2, 0.25) is 0 Å². The van der Waals surface area contributed by atoms with E-state index in [0.717, 1.165) is 47.9 Å². The summed E-state index contributed by atoms with van der Waals surface area (Å²) >= 11 is 12.9. The van der Waals surface area contributed by atoms with Gasteiger partial charge in [-0.3, -0.25) is 14.9 Å². The van der Waals surface area contributed by atoms with E-state index in [1.165, 1.54) is 0 Å². The van der Waals surface area contributed by atoms with Crippen LogP contribution in [0.15, 0.2) is 47.4 Å². The van der Waals surface area contributed by atoms with Gasteiger partial charge in [0.05, 0.1) is 11.5 Å². The number of carbonyl (C=O) groups is 3. The summed E-state index contributed by atoms with van der Waals surface area (Å²) < 4.78 is 11.3. The molecule has 0 radical (unpaired) electrons. The summed E-state index contributed by atoms with van der Waals surface area (Å²) in [4.78, 5) is 37.4. The van der Waals surface area contributed by atoms with Gasteiger partial charge in [0.15, 0.2) is 0 Å². The highest BCUT2D eigenvalue weighted by atomic mass is 35.5. The minimum atomic E-state index is -0.370. The molecule has 0 spiro atoms. The summed E-state index contributed by atoms with van der Waals surface area (Å²) in [6, 6.07) is 12.5. The molecule has 0 aromatic heterocycles. The molecule has 1 N–H and O–H groups in total. The van der Waals surface area contributed by atoms with Gasteiger partial charge < -0.3 is 14.4 Å². The Labute approximate surface area is 217 Å². The lowest BCUT2D eigenvalue weighted by molar-refractivity contribution is -0.115. The summed E-state index contributed by atoms with van der Waals surface area (Å²) in [5, 5.41) is 2.90. The monoisotopic (exact) mass is 534 g/mol. The Morgan fingerprint density at radius 1 is 1.09 bits per heavy atom. The highest BCUT2D eigenvalue weighted by molar-refractivity contribution is 8.18. The van der Waals surface area contributed by atoms with Crippen molar-refractivity contribution in [2.45, 2.75) is 25.9 Å². The minimum absolute atomic E-state index is 0.132. The third-order valence-electron chi connectivity index (χ3n) is 5.77. The van der Waals surface area contributed by atoms with Crippen LogP contribution in [0.25, 0.3) is 6.08 Å². The van der Waals surface area contributed by atoms with Crippen LogP contribution >= 0.6 is 35.0 Å². The quantitative estimate of drug-likeness (QED) is 0.429. The Morgan fingerprint density at radius 3 is 2.40 bits per heavy atom. The molecule has 2 aliphatic heterocycles. The summed E-state index contributed by atoms with van der Waals surface area (Å²) in [7, 11) is 0. The number of hydrogen-bond acceptors (Lipinski definition) is 6. The number of carbonyl (C=O) groups excluding carboxylic acids is 3. The average Bonchev–Trinajstić information content (AvgIpc) is 3.14. The van der Waals surface area contributed by atoms with Crippen LogP contribution < -0.4 is 10.1 Å². The number of rotatable bonds is 7. The lowest BCUT2D eigenvalue weighted by atomic mass is 9.94. The Kier molecular flexibility index (Phi) is 8.59. The molecule has 3 amide bonds. The van der Waals surface area contributed by atoms with Crippen LogP contribution in [-0.4, -0.2) is 41.8 Å². The van der Waals surface area contributed by atoms with Gasteiger partial charge in [-0.05, 0) is 84.5 Å². The Bertz CT molecular complexity index is 1110. The van der Waals surface area contributed by atoms with Crippen LogP contribution in [0.5, 0.6) is 5.75 Å². The normalized spacial score (nSPS) is 17.5. The van der Waals surface area contributed by atoms with Gasteiger partial charge in [-0.1, -0.05) is 35.3 Å². The number of imide groups is 1. The van der Waals surface area contributed by atoms with E-state index in [9.17, 15) is 14.4 Å². The second-order valence-corrected chi connectivity index (χ2v) is 10.2. The maximum absolute atomic E-state index is 12.4. The first kappa shape index (κ1) is 25.4. The number of piperidine rings is 1. The lowest BCUT2D eigenvalue weighted by Gasteiger charge is -2.31. The van der Waals surface area contributed by atoms with E-state index < -0.39 is 0 Å². The van der Waals surface area contributed by atoms with Crippen molar-refractivity contribution in [1.29, 1.82) is 0 Å². The number of ether oxygens (including phenoxy) is 2. The zero-order valence-electron chi connectivity index (χ0n) is 18.8. The molecule has 2 fully saturated rings. The standard InChI is InChI=1S/C25H24Cl2N2O5S/c26-19-11-18(12-20(27)14-19)15-34-25(32)29-8-5-16(6-9-29)7-10-33-21-3-1-17(2-4-21)13-22-23(30)28-24(31)35-22/h1-4,11-14,16H,5-10,15H2,(H,28,30,31)/b22-13+. The van der Waals surface area contributed by atoms with E-state index in [4.69, 9.17) is 32.7 Å². The highest BCUT2D eigenvalue weighted by Gasteiger charge is 2.25. The molecule has 35 heavy (non-hydrogen) atoms. The summed E-state index contributed by atoms with van der Waals surface area (Å²) in [6.07, 6.45) is 4.04. The van der Waals surface area contributed by atoms with E-state index in [2.05, 4.69) is 5.32 Å². The average molecular weight is 535 g/mol. The molecule has 0 unspecified atom stereocenters. The van der Waals surface area contributed by atoms with Crippen molar-refractivity contribution < 1.29 is 23.9 Å². The SMILES string of the molecule is O=C1NC(=O)/C(=C\c2ccc(OCCC3CCN(C(=O)OCc4cc(Cl)cc(Cl)c4)CC3)cc2)S1. The smallest absolute Gasteiger partial charge is 0.410 e. The maximum Gasteiger partial charge on any atom is 0.410 e. The fourth-order valence-corrected chi connectivity index (χ4v) is 5.16. The zero-order chi connectivity index (χ0) is 24.8. The van der Waals surface area contributed by atoms with Crippen LogP contribution in [0.4, 0.5) is 9.59 Å². The van der Waals surface area contributed by atoms with Crippen LogP contribution in [0.2, 0.25) is 10.0 Å². The van der Waals surface area contributed by atoms with Gasteiger partial charge >= 0.3 is 6.09 Å². The van der Waals surface area contributed by atoms with Crippen LogP contribution in [0.3, 0.4) is 0 Å². The van der Waals surface area contributed by atoms with Crippen molar-refractivity contribution in [1.82, 2.24) is 10.2 Å². The third kappa shape index (κ3) is 7.40. The Balaban J connectivity index is 1.15. The van der Waals surface area contributed by atoms with Crippen molar-refractivity contribution in [2.24, 2.45) is 5.92 Å². The largest absolute Gasteiger partial charge is 0.494 e. The predicted octanol–water partition coefficient (Wildman–Crippen LogP) is 6.14. The Hall–Kier alpha value is -2.68. The van der Waals surface area contributed by atoms with Crippen LogP contribution in [0.1, 0.15) is 30.4 Å².